The lowest BCUT2D eigenvalue weighted by Gasteiger charge is -2.18. The molecule has 4 rings (SSSR count). The highest BCUT2D eigenvalue weighted by atomic mass is 35.5. The number of rotatable bonds is 2. The van der Waals surface area contributed by atoms with Crippen molar-refractivity contribution in [2.45, 2.75) is 12.8 Å². The summed E-state index contributed by atoms with van der Waals surface area (Å²) in [7, 11) is 0. The zero-order valence-electron chi connectivity index (χ0n) is 12.4. The zero-order valence-corrected chi connectivity index (χ0v) is 13.1. The van der Waals surface area contributed by atoms with E-state index in [9.17, 15) is 0 Å². The minimum absolute atomic E-state index is 0.740. The zero-order chi connectivity index (χ0) is 14.9. The standard InChI is InChI=1S/C19H18ClNO/c20-17-7-5-9-19-16(17)12-14(13-21-10-3-4-11-21)15-6-1-2-8-18(15)22-19/h1-2,5-9,12H,3-4,10-11,13H2. The van der Waals surface area contributed by atoms with Crippen LogP contribution in [0.25, 0.3) is 11.6 Å². The van der Waals surface area contributed by atoms with Gasteiger partial charge in [-0.25, -0.2) is 0 Å². The highest BCUT2D eigenvalue weighted by Gasteiger charge is 2.21. The van der Waals surface area contributed by atoms with Gasteiger partial charge in [0.2, 0.25) is 0 Å². The number of hydrogen-bond acceptors (Lipinski definition) is 2. The SMILES string of the molecule is Clc1cccc2c1C=C(CN1CCCC1)c1ccccc1O2. The molecule has 0 aliphatic carbocycles. The Hall–Kier alpha value is -1.77. The van der Waals surface area contributed by atoms with Gasteiger partial charge >= 0.3 is 0 Å². The Kier molecular flexibility index (Phi) is 3.65. The first kappa shape index (κ1) is 13.9. The maximum atomic E-state index is 6.40. The molecule has 0 spiro atoms. The topological polar surface area (TPSA) is 12.5 Å². The summed E-state index contributed by atoms with van der Waals surface area (Å²) in [6, 6.07) is 14.1. The van der Waals surface area contributed by atoms with E-state index in [1.165, 1.54) is 37.1 Å². The molecule has 2 aliphatic rings. The van der Waals surface area contributed by atoms with Gasteiger partial charge in [0.25, 0.3) is 0 Å². The molecule has 22 heavy (non-hydrogen) atoms. The summed E-state index contributed by atoms with van der Waals surface area (Å²) < 4.78 is 6.12. The molecule has 3 heteroatoms. The van der Waals surface area contributed by atoms with Crippen LogP contribution in [0.3, 0.4) is 0 Å². The second-order valence-electron chi connectivity index (χ2n) is 5.90. The van der Waals surface area contributed by atoms with Gasteiger partial charge in [0.1, 0.15) is 11.5 Å². The Morgan fingerprint density at radius 1 is 0.955 bits per heavy atom. The van der Waals surface area contributed by atoms with Crippen LogP contribution in [0.15, 0.2) is 42.5 Å². The van der Waals surface area contributed by atoms with E-state index < -0.39 is 0 Å². The number of para-hydroxylation sites is 1. The van der Waals surface area contributed by atoms with Gasteiger partial charge in [-0.15, -0.1) is 0 Å². The molecule has 0 saturated carbocycles. The molecule has 0 atom stereocenters. The first-order valence-electron chi connectivity index (χ1n) is 7.80. The van der Waals surface area contributed by atoms with Gasteiger partial charge in [0.15, 0.2) is 0 Å². The fourth-order valence-corrected chi connectivity index (χ4v) is 3.47. The van der Waals surface area contributed by atoms with Gasteiger partial charge in [-0.2, -0.15) is 0 Å². The van der Waals surface area contributed by atoms with Crippen molar-refractivity contribution in [3.05, 3.63) is 58.6 Å². The van der Waals surface area contributed by atoms with E-state index >= 15 is 0 Å². The van der Waals surface area contributed by atoms with Crippen LogP contribution in [0, 0.1) is 0 Å². The lowest BCUT2D eigenvalue weighted by molar-refractivity contribution is 0.383. The van der Waals surface area contributed by atoms with Crippen molar-refractivity contribution >= 4 is 23.3 Å². The van der Waals surface area contributed by atoms with E-state index in [1.54, 1.807) is 0 Å². The number of benzene rings is 2. The van der Waals surface area contributed by atoms with E-state index in [2.05, 4.69) is 23.1 Å². The predicted molar refractivity (Wildman–Crippen MR) is 91.5 cm³/mol. The smallest absolute Gasteiger partial charge is 0.136 e. The Morgan fingerprint density at radius 3 is 2.59 bits per heavy atom. The minimum Gasteiger partial charge on any atom is -0.456 e. The van der Waals surface area contributed by atoms with Crippen molar-refractivity contribution in [3.63, 3.8) is 0 Å². The molecule has 1 saturated heterocycles. The maximum Gasteiger partial charge on any atom is 0.136 e. The van der Waals surface area contributed by atoms with E-state index in [-0.39, 0.29) is 0 Å². The second kappa shape index (κ2) is 5.79. The lowest BCUT2D eigenvalue weighted by Crippen LogP contribution is -2.21. The monoisotopic (exact) mass is 311 g/mol. The van der Waals surface area contributed by atoms with Gasteiger partial charge < -0.3 is 4.74 Å². The summed E-state index contributed by atoms with van der Waals surface area (Å²) in [5.41, 5.74) is 3.43. The molecule has 0 aromatic heterocycles. The molecule has 0 N–H and O–H groups in total. The third-order valence-electron chi connectivity index (χ3n) is 4.38. The summed E-state index contributed by atoms with van der Waals surface area (Å²) in [5.74, 6) is 1.74. The average molecular weight is 312 g/mol. The molecule has 0 unspecified atom stereocenters. The number of halogens is 1. The Labute approximate surface area is 136 Å². The van der Waals surface area contributed by atoms with Gasteiger partial charge in [-0.3, -0.25) is 4.90 Å². The van der Waals surface area contributed by atoms with E-state index in [1.807, 2.05) is 30.3 Å². The molecular weight excluding hydrogens is 294 g/mol. The molecule has 0 bridgehead atoms. The molecule has 2 aromatic rings. The molecule has 2 aliphatic heterocycles. The first-order chi connectivity index (χ1) is 10.8. The van der Waals surface area contributed by atoms with Crippen molar-refractivity contribution in [2.75, 3.05) is 19.6 Å². The van der Waals surface area contributed by atoms with Crippen LogP contribution < -0.4 is 4.74 Å². The van der Waals surface area contributed by atoms with Crippen molar-refractivity contribution in [3.8, 4) is 11.5 Å². The van der Waals surface area contributed by atoms with Crippen molar-refractivity contribution in [1.29, 1.82) is 0 Å². The quantitative estimate of drug-likeness (QED) is 0.766. The molecule has 2 nitrogen and oxygen atoms in total. The molecule has 0 amide bonds. The summed E-state index contributed by atoms with van der Waals surface area (Å²) in [6.07, 6.45) is 4.79. The Balaban J connectivity index is 1.83. The highest BCUT2D eigenvalue weighted by molar-refractivity contribution is 6.32. The maximum absolute atomic E-state index is 6.40. The average Bonchev–Trinajstić information content (AvgIpc) is 2.97. The number of likely N-dealkylation sites (tertiary alicyclic amines) is 1. The molecule has 0 radical (unpaired) electrons. The molecule has 112 valence electrons. The normalized spacial score (nSPS) is 17.2. The minimum atomic E-state index is 0.740. The van der Waals surface area contributed by atoms with Crippen molar-refractivity contribution in [1.82, 2.24) is 4.90 Å². The van der Waals surface area contributed by atoms with E-state index in [0.29, 0.717) is 0 Å². The molecule has 1 fully saturated rings. The van der Waals surface area contributed by atoms with Gasteiger partial charge in [-0.1, -0.05) is 35.9 Å². The molecule has 2 heterocycles. The Morgan fingerprint density at radius 2 is 1.73 bits per heavy atom. The number of nitrogens with zero attached hydrogens (tertiary/aromatic N) is 1. The fraction of sp³-hybridized carbons (Fsp3) is 0.263. The van der Waals surface area contributed by atoms with Crippen LogP contribution in [0.1, 0.15) is 24.0 Å². The van der Waals surface area contributed by atoms with E-state index in [0.717, 1.165) is 28.6 Å². The van der Waals surface area contributed by atoms with Crippen LogP contribution in [-0.4, -0.2) is 24.5 Å². The van der Waals surface area contributed by atoms with Crippen LogP contribution in [0.5, 0.6) is 11.5 Å². The van der Waals surface area contributed by atoms with E-state index in [4.69, 9.17) is 16.3 Å². The first-order valence-corrected chi connectivity index (χ1v) is 8.18. The second-order valence-corrected chi connectivity index (χ2v) is 6.31. The van der Waals surface area contributed by atoms with Crippen LogP contribution in [-0.2, 0) is 0 Å². The summed E-state index contributed by atoms with van der Waals surface area (Å²) in [4.78, 5) is 2.50. The molecular formula is C19H18ClNO. The number of fused-ring (bicyclic) bond motifs is 2. The van der Waals surface area contributed by atoms with Gasteiger partial charge in [-0.05, 0) is 55.8 Å². The van der Waals surface area contributed by atoms with Crippen molar-refractivity contribution in [2.24, 2.45) is 0 Å². The fourth-order valence-electron chi connectivity index (χ4n) is 3.25. The molecule has 2 aromatic carbocycles. The summed E-state index contributed by atoms with van der Waals surface area (Å²) >= 11 is 6.40. The third kappa shape index (κ3) is 2.53. The van der Waals surface area contributed by atoms with Crippen LogP contribution in [0.2, 0.25) is 5.02 Å². The Bertz CT molecular complexity index is 732. The summed E-state index contributed by atoms with van der Waals surface area (Å²) in [5, 5.41) is 0.740. The predicted octanol–water partition coefficient (Wildman–Crippen LogP) is 5.08. The van der Waals surface area contributed by atoms with Gasteiger partial charge in [0, 0.05) is 17.7 Å². The largest absolute Gasteiger partial charge is 0.456 e. The lowest BCUT2D eigenvalue weighted by atomic mass is 10.0. The third-order valence-corrected chi connectivity index (χ3v) is 4.71. The van der Waals surface area contributed by atoms with Crippen LogP contribution in [0.4, 0.5) is 0 Å². The number of hydrogen-bond donors (Lipinski definition) is 0. The summed E-state index contributed by atoms with van der Waals surface area (Å²) in [6.45, 7) is 3.30. The van der Waals surface area contributed by atoms with Gasteiger partial charge in [0.05, 0.1) is 5.02 Å². The van der Waals surface area contributed by atoms with Crippen molar-refractivity contribution < 1.29 is 4.74 Å². The highest BCUT2D eigenvalue weighted by Crippen LogP contribution is 2.40. The number of ether oxygens (including phenoxy) is 1. The van der Waals surface area contributed by atoms with Crippen LogP contribution >= 0.6 is 11.6 Å².